The molecule has 0 aliphatic rings. The van der Waals surface area contributed by atoms with Crippen molar-refractivity contribution >= 4 is 19.5 Å². The van der Waals surface area contributed by atoms with E-state index in [4.69, 9.17) is 4.52 Å². The minimum absolute atomic E-state index is 0.114. The molecule has 1 aromatic carbocycles. The minimum Gasteiger partial charge on any atom is -0.413 e. The summed E-state index contributed by atoms with van der Waals surface area (Å²) in [6, 6.07) is 5.22. The van der Waals surface area contributed by atoms with Crippen molar-refractivity contribution in [2.75, 3.05) is 6.26 Å². The van der Waals surface area contributed by atoms with E-state index in [0.29, 0.717) is 5.75 Å². The van der Waals surface area contributed by atoms with E-state index in [1.54, 1.807) is 37.7 Å². The second-order valence-corrected chi connectivity index (χ2v) is 6.36. The van der Waals surface area contributed by atoms with Gasteiger partial charge in [-0.3, -0.25) is 0 Å². The summed E-state index contributed by atoms with van der Waals surface area (Å²) in [5.41, 5.74) is 1.03. The Hall–Kier alpha value is -0.480. The lowest BCUT2D eigenvalue weighted by Crippen LogP contribution is -2.21. The van der Waals surface area contributed by atoms with E-state index in [1.165, 1.54) is 0 Å². The molecule has 0 saturated heterocycles. The molecule has 2 N–H and O–H groups in total. The lowest BCUT2D eigenvalue weighted by molar-refractivity contribution is 0.358. The zero-order valence-corrected chi connectivity index (χ0v) is 12.1. The van der Waals surface area contributed by atoms with Crippen molar-refractivity contribution in [2.24, 2.45) is 0 Å². The molecule has 0 aromatic heterocycles. The number of nitrogens with one attached hydrogen (secondary N) is 1. The van der Waals surface area contributed by atoms with Gasteiger partial charge in [-0.05, 0) is 50.8 Å². The zero-order valence-electron chi connectivity index (χ0n) is 10.4. The number of rotatable bonds is 5. The monoisotopic (exact) mass is 275 g/mol. The van der Waals surface area contributed by atoms with Gasteiger partial charge in [0, 0.05) is 10.9 Å². The van der Waals surface area contributed by atoms with E-state index in [0.717, 1.165) is 10.5 Å². The molecule has 0 fully saturated rings. The van der Waals surface area contributed by atoms with Gasteiger partial charge in [0.05, 0.1) is 0 Å². The summed E-state index contributed by atoms with van der Waals surface area (Å²) in [5.74, 6) is 0.402. The highest BCUT2D eigenvalue weighted by Crippen LogP contribution is 2.39. The summed E-state index contributed by atoms with van der Waals surface area (Å²) in [6.45, 7) is 5.51. The van der Waals surface area contributed by atoms with Gasteiger partial charge in [-0.1, -0.05) is 0 Å². The Morgan fingerprint density at radius 2 is 2.12 bits per heavy atom. The lowest BCUT2D eigenvalue weighted by Gasteiger charge is -2.17. The lowest BCUT2D eigenvalue weighted by atomic mass is 10.2. The molecule has 0 spiro atoms. The molecular weight excluding hydrogens is 257 g/mol. The number of hydrogen-bond donors (Lipinski definition) is 2. The van der Waals surface area contributed by atoms with Crippen molar-refractivity contribution in [3.05, 3.63) is 23.8 Å². The largest absolute Gasteiger partial charge is 0.456 e. The van der Waals surface area contributed by atoms with Gasteiger partial charge in [-0.15, -0.1) is 11.8 Å². The van der Waals surface area contributed by atoms with Crippen LogP contribution in [0.3, 0.4) is 0 Å². The van der Waals surface area contributed by atoms with Gasteiger partial charge in [0.25, 0.3) is 0 Å². The molecule has 1 aromatic rings. The van der Waals surface area contributed by atoms with Crippen molar-refractivity contribution in [1.82, 2.24) is 5.09 Å². The van der Waals surface area contributed by atoms with E-state index in [9.17, 15) is 9.46 Å². The van der Waals surface area contributed by atoms with Crippen LogP contribution in [0.2, 0.25) is 0 Å². The summed E-state index contributed by atoms with van der Waals surface area (Å²) >= 11 is 1.63. The van der Waals surface area contributed by atoms with Crippen molar-refractivity contribution in [3.63, 3.8) is 0 Å². The summed E-state index contributed by atoms with van der Waals surface area (Å²) in [7, 11) is -3.77. The second-order valence-electron chi connectivity index (χ2n) is 4.03. The molecule has 0 heterocycles. The van der Waals surface area contributed by atoms with Crippen molar-refractivity contribution in [3.8, 4) is 5.75 Å². The molecule has 0 aliphatic heterocycles. The summed E-state index contributed by atoms with van der Waals surface area (Å²) < 4.78 is 16.8. The van der Waals surface area contributed by atoms with Gasteiger partial charge in [0.1, 0.15) is 5.75 Å². The van der Waals surface area contributed by atoms with E-state index in [-0.39, 0.29) is 6.04 Å². The topological polar surface area (TPSA) is 58.6 Å². The maximum atomic E-state index is 11.7. The second kappa shape index (κ2) is 5.91. The first-order valence-electron chi connectivity index (χ1n) is 5.29. The number of hydrogen-bond acceptors (Lipinski definition) is 3. The van der Waals surface area contributed by atoms with Gasteiger partial charge >= 0.3 is 7.75 Å². The third-order valence-electron chi connectivity index (χ3n) is 2.02. The van der Waals surface area contributed by atoms with Gasteiger partial charge < -0.3 is 9.42 Å². The van der Waals surface area contributed by atoms with Crippen LogP contribution in [0.15, 0.2) is 23.1 Å². The van der Waals surface area contributed by atoms with Crippen molar-refractivity contribution < 1.29 is 14.0 Å². The van der Waals surface area contributed by atoms with Crippen LogP contribution in [0, 0.1) is 6.92 Å². The summed E-state index contributed by atoms with van der Waals surface area (Å²) in [5, 5.41) is 2.50. The third-order valence-corrected chi connectivity index (χ3v) is 4.22. The van der Waals surface area contributed by atoms with Gasteiger partial charge in [0.2, 0.25) is 0 Å². The smallest absolute Gasteiger partial charge is 0.413 e. The highest BCUT2D eigenvalue weighted by atomic mass is 32.2. The Kier molecular flexibility index (Phi) is 5.07. The van der Waals surface area contributed by atoms with Crippen molar-refractivity contribution in [1.29, 1.82) is 0 Å². The van der Waals surface area contributed by atoms with E-state index < -0.39 is 7.75 Å². The molecule has 1 rings (SSSR count). The maximum Gasteiger partial charge on any atom is 0.456 e. The molecule has 0 radical (unpaired) electrons. The molecule has 0 amide bonds. The van der Waals surface area contributed by atoms with Crippen LogP contribution < -0.4 is 9.61 Å². The standard InChI is InChI=1S/C11H18NO3PS/c1-8(2)12-16(13,14)15-10-5-6-11(17-4)9(3)7-10/h5-8H,1-4H3,(H2,12,13,14). The first-order valence-corrected chi connectivity index (χ1v) is 8.09. The van der Waals surface area contributed by atoms with E-state index >= 15 is 0 Å². The Morgan fingerprint density at radius 1 is 1.47 bits per heavy atom. The van der Waals surface area contributed by atoms with Gasteiger partial charge in [-0.2, -0.15) is 0 Å². The van der Waals surface area contributed by atoms with Crippen molar-refractivity contribution in [2.45, 2.75) is 31.7 Å². The van der Waals surface area contributed by atoms with Gasteiger partial charge in [-0.25, -0.2) is 9.65 Å². The molecule has 0 saturated carbocycles. The Labute approximate surface area is 106 Å². The van der Waals surface area contributed by atoms with E-state index in [1.807, 2.05) is 19.2 Å². The molecular formula is C11H18NO3PS. The average Bonchev–Trinajstić information content (AvgIpc) is 2.14. The Balaban J connectivity index is 2.82. The molecule has 1 atom stereocenters. The van der Waals surface area contributed by atoms with Crippen LogP contribution in [0.25, 0.3) is 0 Å². The SMILES string of the molecule is CSc1ccc(OP(=O)(O)NC(C)C)cc1C. The van der Waals surface area contributed by atoms with Crippen LogP contribution in [0.4, 0.5) is 0 Å². The predicted molar refractivity (Wildman–Crippen MR) is 71.7 cm³/mol. The van der Waals surface area contributed by atoms with Gasteiger partial charge in [0.15, 0.2) is 0 Å². The van der Waals surface area contributed by atoms with Crippen LogP contribution in [-0.4, -0.2) is 17.2 Å². The summed E-state index contributed by atoms with van der Waals surface area (Å²) in [4.78, 5) is 10.7. The first-order chi connectivity index (χ1) is 7.84. The highest BCUT2D eigenvalue weighted by Gasteiger charge is 2.22. The summed E-state index contributed by atoms with van der Waals surface area (Å²) in [6.07, 6.45) is 1.99. The van der Waals surface area contributed by atoms with Crippen LogP contribution in [-0.2, 0) is 4.57 Å². The molecule has 0 bridgehead atoms. The molecule has 96 valence electrons. The number of aryl methyl sites for hydroxylation is 1. The minimum atomic E-state index is -3.77. The zero-order chi connectivity index (χ0) is 13.1. The highest BCUT2D eigenvalue weighted by molar-refractivity contribution is 7.98. The average molecular weight is 275 g/mol. The quantitative estimate of drug-likeness (QED) is 0.638. The third kappa shape index (κ3) is 4.72. The Bertz CT molecular complexity index is 437. The molecule has 4 nitrogen and oxygen atoms in total. The fraction of sp³-hybridized carbons (Fsp3) is 0.455. The first kappa shape index (κ1) is 14.6. The normalized spacial score (nSPS) is 14.7. The van der Waals surface area contributed by atoms with Crippen LogP contribution >= 0.6 is 19.5 Å². The maximum absolute atomic E-state index is 11.7. The van der Waals surface area contributed by atoms with Crippen LogP contribution in [0.5, 0.6) is 5.75 Å². The number of benzene rings is 1. The fourth-order valence-electron chi connectivity index (χ4n) is 1.40. The molecule has 1 unspecified atom stereocenters. The molecule has 0 aliphatic carbocycles. The van der Waals surface area contributed by atoms with E-state index in [2.05, 4.69) is 5.09 Å². The molecule has 6 heteroatoms. The fourth-order valence-corrected chi connectivity index (χ4v) is 3.09. The number of thioether (sulfide) groups is 1. The molecule has 17 heavy (non-hydrogen) atoms. The predicted octanol–water partition coefficient (Wildman–Crippen LogP) is 3.19. The Morgan fingerprint density at radius 3 is 2.59 bits per heavy atom. The van der Waals surface area contributed by atoms with Crippen LogP contribution in [0.1, 0.15) is 19.4 Å².